The maximum Gasteiger partial charge on any atom is 0.188 e. The van der Waals surface area contributed by atoms with E-state index < -0.39 is 5.54 Å². The van der Waals surface area contributed by atoms with E-state index in [-0.39, 0.29) is 0 Å². The fourth-order valence-corrected chi connectivity index (χ4v) is 6.14. The van der Waals surface area contributed by atoms with Crippen molar-refractivity contribution >= 4 is 5.78 Å². The Morgan fingerprint density at radius 1 is 0.900 bits per heavy atom. The standard InChI is InChI=1S/C27H34N2O/c1-21-9-8-14-24-25(21)19-27(26(24)30,23-12-6-3-7-13-23)29-17-15-28(16-18-29)20-22-10-4-2-5-11-22/h3,6-9,12-14,22H,2,4-5,10-11,15-20H2,1H3. The number of Topliss-reactive ketones (excluding diaryl/α,β-unsaturated/α-hetero) is 1. The minimum absolute atomic E-state index is 0.299. The third kappa shape index (κ3) is 3.42. The number of nitrogens with zero attached hydrogens (tertiary/aromatic N) is 2. The van der Waals surface area contributed by atoms with Crippen molar-refractivity contribution in [1.82, 2.24) is 9.80 Å². The van der Waals surface area contributed by atoms with E-state index in [1.165, 1.54) is 49.8 Å². The van der Waals surface area contributed by atoms with Gasteiger partial charge in [-0.05, 0) is 42.4 Å². The Morgan fingerprint density at radius 2 is 1.63 bits per heavy atom. The molecule has 0 amide bonds. The smallest absolute Gasteiger partial charge is 0.188 e. The lowest BCUT2D eigenvalue weighted by Crippen LogP contribution is -2.58. The Morgan fingerprint density at radius 3 is 2.33 bits per heavy atom. The van der Waals surface area contributed by atoms with Crippen LogP contribution in [0.2, 0.25) is 0 Å². The molecular formula is C27H34N2O. The summed E-state index contributed by atoms with van der Waals surface area (Å²) in [6.45, 7) is 7.50. The molecule has 0 aromatic heterocycles. The summed E-state index contributed by atoms with van der Waals surface area (Å²) in [5.41, 5.74) is 4.05. The summed E-state index contributed by atoms with van der Waals surface area (Å²) in [4.78, 5) is 19.1. The van der Waals surface area contributed by atoms with Gasteiger partial charge in [0.1, 0.15) is 5.54 Å². The fraction of sp³-hybridized carbons (Fsp3) is 0.519. The Balaban J connectivity index is 1.40. The summed E-state index contributed by atoms with van der Waals surface area (Å²) >= 11 is 0. The number of hydrogen-bond acceptors (Lipinski definition) is 3. The summed E-state index contributed by atoms with van der Waals surface area (Å²) in [6.07, 6.45) is 7.86. The largest absolute Gasteiger partial charge is 0.301 e. The van der Waals surface area contributed by atoms with Gasteiger partial charge >= 0.3 is 0 Å². The lowest BCUT2D eigenvalue weighted by Gasteiger charge is -2.46. The van der Waals surface area contributed by atoms with Crippen LogP contribution in [0.1, 0.15) is 59.2 Å². The van der Waals surface area contributed by atoms with Crippen molar-refractivity contribution in [2.24, 2.45) is 5.92 Å². The average Bonchev–Trinajstić information content (AvgIpc) is 3.10. The second-order valence-electron chi connectivity index (χ2n) is 9.62. The minimum atomic E-state index is -0.535. The van der Waals surface area contributed by atoms with Crippen molar-refractivity contribution in [2.45, 2.75) is 51.0 Å². The van der Waals surface area contributed by atoms with Crippen molar-refractivity contribution in [3.05, 3.63) is 70.8 Å². The quantitative estimate of drug-likeness (QED) is 0.732. The van der Waals surface area contributed by atoms with Gasteiger partial charge in [-0.3, -0.25) is 9.69 Å². The predicted molar refractivity (Wildman–Crippen MR) is 122 cm³/mol. The zero-order valence-electron chi connectivity index (χ0n) is 18.3. The normalized spacial score (nSPS) is 26.1. The van der Waals surface area contributed by atoms with Crippen molar-refractivity contribution < 1.29 is 4.79 Å². The van der Waals surface area contributed by atoms with Gasteiger partial charge in [0.15, 0.2) is 5.78 Å². The van der Waals surface area contributed by atoms with Crippen LogP contribution >= 0.6 is 0 Å². The van der Waals surface area contributed by atoms with Crippen LogP contribution in [-0.2, 0) is 12.0 Å². The van der Waals surface area contributed by atoms with Gasteiger partial charge in [-0.15, -0.1) is 0 Å². The highest BCUT2D eigenvalue weighted by Gasteiger charge is 2.51. The number of fused-ring (bicyclic) bond motifs is 1. The fourth-order valence-electron chi connectivity index (χ4n) is 6.14. The first-order valence-electron chi connectivity index (χ1n) is 11.8. The van der Waals surface area contributed by atoms with Crippen LogP contribution in [0.25, 0.3) is 0 Å². The van der Waals surface area contributed by atoms with Crippen LogP contribution in [0.15, 0.2) is 48.5 Å². The van der Waals surface area contributed by atoms with Gasteiger partial charge in [-0.2, -0.15) is 0 Å². The summed E-state index contributed by atoms with van der Waals surface area (Å²) in [5.74, 6) is 1.18. The second kappa shape index (κ2) is 8.28. The lowest BCUT2D eigenvalue weighted by molar-refractivity contribution is 0.0258. The summed E-state index contributed by atoms with van der Waals surface area (Å²) in [7, 11) is 0. The minimum Gasteiger partial charge on any atom is -0.301 e. The number of carbonyl (C=O) groups excluding carboxylic acids is 1. The SMILES string of the molecule is Cc1cccc2c1CC(c1ccccc1)(N1CCN(CC3CCCCC3)CC1)C2=O. The molecular weight excluding hydrogens is 368 g/mol. The molecule has 1 saturated heterocycles. The van der Waals surface area contributed by atoms with E-state index in [0.29, 0.717) is 5.78 Å². The molecule has 2 aromatic rings. The van der Waals surface area contributed by atoms with E-state index in [0.717, 1.165) is 49.6 Å². The topological polar surface area (TPSA) is 23.6 Å². The third-order valence-electron chi connectivity index (χ3n) is 7.87. The number of ketones is 1. The highest BCUT2D eigenvalue weighted by atomic mass is 16.1. The van der Waals surface area contributed by atoms with Crippen LogP contribution < -0.4 is 0 Å². The molecule has 1 saturated carbocycles. The molecule has 1 heterocycles. The van der Waals surface area contributed by atoms with E-state index in [1.807, 2.05) is 12.1 Å². The molecule has 2 fully saturated rings. The first-order chi connectivity index (χ1) is 14.7. The van der Waals surface area contributed by atoms with Gasteiger partial charge in [0.25, 0.3) is 0 Å². The van der Waals surface area contributed by atoms with Gasteiger partial charge in [0.05, 0.1) is 0 Å². The lowest BCUT2D eigenvalue weighted by atomic mass is 9.83. The van der Waals surface area contributed by atoms with Crippen LogP contribution in [0.3, 0.4) is 0 Å². The van der Waals surface area contributed by atoms with Crippen LogP contribution in [-0.4, -0.2) is 48.3 Å². The maximum absolute atomic E-state index is 13.9. The summed E-state index contributed by atoms with van der Waals surface area (Å²) in [5, 5.41) is 0. The molecule has 0 bridgehead atoms. The highest BCUT2D eigenvalue weighted by Crippen LogP contribution is 2.44. The van der Waals surface area contributed by atoms with Crippen LogP contribution in [0, 0.1) is 12.8 Å². The number of piperazine rings is 1. The second-order valence-corrected chi connectivity index (χ2v) is 9.62. The molecule has 3 heteroatoms. The Kier molecular flexibility index (Phi) is 5.51. The number of benzene rings is 2. The number of rotatable bonds is 4. The van der Waals surface area contributed by atoms with Crippen molar-refractivity contribution in [2.75, 3.05) is 32.7 Å². The molecule has 158 valence electrons. The predicted octanol–water partition coefficient (Wildman–Crippen LogP) is 4.83. The van der Waals surface area contributed by atoms with E-state index in [1.54, 1.807) is 0 Å². The molecule has 2 aromatic carbocycles. The molecule has 3 nitrogen and oxygen atoms in total. The van der Waals surface area contributed by atoms with Crippen LogP contribution in [0.5, 0.6) is 0 Å². The van der Waals surface area contributed by atoms with Crippen molar-refractivity contribution in [3.63, 3.8) is 0 Å². The van der Waals surface area contributed by atoms with Crippen molar-refractivity contribution in [3.8, 4) is 0 Å². The Hall–Kier alpha value is -1.97. The van der Waals surface area contributed by atoms with Gasteiger partial charge < -0.3 is 4.90 Å². The van der Waals surface area contributed by atoms with E-state index >= 15 is 0 Å². The summed E-state index contributed by atoms with van der Waals surface area (Å²) < 4.78 is 0. The van der Waals surface area contributed by atoms with Gasteiger partial charge in [-0.1, -0.05) is 67.8 Å². The van der Waals surface area contributed by atoms with E-state index in [2.05, 4.69) is 53.1 Å². The maximum atomic E-state index is 13.9. The number of aryl methyl sites for hydroxylation is 1. The van der Waals surface area contributed by atoms with Gasteiger partial charge in [0.2, 0.25) is 0 Å². The molecule has 3 aliphatic rings. The first-order valence-corrected chi connectivity index (χ1v) is 11.8. The molecule has 1 aliphatic heterocycles. The zero-order chi connectivity index (χ0) is 20.6. The third-order valence-corrected chi connectivity index (χ3v) is 7.87. The molecule has 0 spiro atoms. The molecule has 5 rings (SSSR count). The number of carbonyl (C=O) groups is 1. The summed E-state index contributed by atoms with van der Waals surface area (Å²) in [6, 6.07) is 16.8. The van der Waals surface area contributed by atoms with Gasteiger partial charge in [-0.25, -0.2) is 0 Å². The molecule has 2 aliphatic carbocycles. The highest BCUT2D eigenvalue weighted by molar-refractivity contribution is 6.08. The molecule has 0 radical (unpaired) electrons. The molecule has 0 N–H and O–H groups in total. The molecule has 30 heavy (non-hydrogen) atoms. The Labute approximate surface area is 181 Å². The van der Waals surface area contributed by atoms with E-state index in [4.69, 9.17) is 0 Å². The van der Waals surface area contributed by atoms with Gasteiger partial charge in [0, 0.05) is 44.7 Å². The number of hydrogen-bond donors (Lipinski definition) is 0. The first kappa shape index (κ1) is 20.0. The van der Waals surface area contributed by atoms with Crippen molar-refractivity contribution in [1.29, 1.82) is 0 Å². The van der Waals surface area contributed by atoms with Crippen LogP contribution in [0.4, 0.5) is 0 Å². The monoisotopic (exact) mass is 402 g/mol. The zero-order valence-corrected chi connectivity index (χ0v) is 18.3. The average molecular weight is 403 g/mol. The molecule has 1 atom stereocenters. The molecule has 1 unspecified atom stereocenters. The Bertz CT molecular complexity index is 894. The van der Waals surface area contributed by atoms with E-state index in [9.17, 15) is 4.79 Å².